The topological polar surface area (TPSA) is 43.6 Å². The summed E-state index contributed by atoms with van der Waals surface area (Å²) in [7, 11) is 0. The van der Waals surface area contributed by atoms with Crippen LogP contribution in [0.4, 0.5) is 0 Å². The van der Waals surface area contributed by atoms with Crippen LogP contribution in [-0.2, 0) is 0 Å². The molecule has 0 radical (unpaired) electrons. The predicted molar refractivity (Wildman–Crippen MR) is 226 cm³/mol. The average Bonchev–Trinajstić information content (AvgIpc) is 3.85. The van der Waals surface area contributed by atoms with Crippen LogP contribution in [0.1, 0.15) is 8.22 Å². The largest absolute Gasteiger partial charge is 0.308 e. The molecule has 0 aliphatic carbocycles. The molecular formula is C49H30N4S. The number of para-hydroxylation sites is 3. The number of aromatic nitrogens is 4. The number of benzene rings is 8. The molecule has 0 saturated carbocycles. The zero-order valence-corrected chi connectivity index (χ0v) is 29.4. The van der Waals surface area contributed by atoms with Crippen LogP contribution in [0.3, 0.4) is 0 Å². The van der Waals surface area contributed by atoms with Crippen molar-refractivity contribution in [2.45, 2.75) is 0 Å². The van der Waals surface area contributed by atoms with E-state index < -0.39 is 0 Å². The summed E-state index contributed by atoms with van der Waals surface area (Å²) in [6.07, 6.45) is 0. The molecule has 252 valence electrons. The van der Waals surface area contributed by atoms with Gasteiger partial charge in [0.1, 0.15) is 0 Å². The molecule has 3 aromatic heterocycles. The summed E-state index contributed by atoms with van der Waals surface area (Å²) in [6.45, 7) is 0. The first-order valence-corrected chi connectivity index (χ1v) is 18.4. The van der Waals surface area contributed by atoms with Crippen molar-refractivity contribution >= 4 is 64.1 Å². The van der Waals surface area contributed by atoms with Gasteiger partial charge in [-0.3, -0.25) is 0 Å². The highest BCUT2D eigenvalue weighted by Gasteiger charge is 2.24. The molecule has 11 rings (SSSR count). The maximum absolute atomic E-state index is 9.41. The minimum absolute atomic E-state index is 0.0505. The van der Waals surface area contributed by atoms with Crippen molar-refractivity contribution in [3.8, 4) is 51.0 Å². The molecule has 5 heteroatoms. The highest BCUT2D eigenvalue weighted by Crippen LogP contribution is 2.45. The van der Waals surface area contributed by atoms with Crippen molar-refractivity contribution in [3.63, 3.8) is 0 Å². The predicted octanol–water partition coefficient (Wildman–Crippen LogP) is 13.2. The van der Waals surface area contributed by atoms with Gasteiger partial charge in [0.25, 0.3) is 0 Å². The van der Waals surface area contributed by atoms with Crippen molar-refractivity contribution < 1.29 is 8.22 Å². The fourth-order valence-corrected chi connectivity index (χ4v) is 8.86. The quantitative estimate of drug-likeness (QED) is 0.178. The van der Waals surface area contributed by atoms with E-state index in [4.69, 9.17) is 17.7 Å². The summed E-state index contributed by atoms with van der Waals surface area (Å²) in [6, 6.07) is 46.1. The molecule has 0 aliphatic rings. The van der Waals surface area contributed by atoms with Gasteiger partial charge in [0.05, 0.1) is 24.9 Å². The Morgan fingerprint density at radius 1 is 0.426 bits per heavy atom. The number of hydrogen-bond acceptors (Lipinski definition) is 4. The first-order chi connectivity index (χ1) is 29.3. The first-order valence-electron chi connectivity index (χ1n) is 20.6. The Morgan fingerprint density at radius 3 is 1.81 bits per heavy atom. The number of thiophene rings is 1. The van der Waals surface area contributed by atoms with Gasteiger partial charge in [-0.25, -0.2) is 15.0 Å². The first kappa shape index (κ1) is 25.1. The standard InChI is InChI=1S/C49H30N4S/c1-2-16-32(17-3-1)47-50-48(40-26-12-18-31-15-4-5-19-33(31)40)52-49(51-47)41-27-13-23-37(39-25-14-24-38-36-22-8-11-30-44(36)54-46(38)39)45(41)53-42-28-9-6-20-34(42)35-21-7-10-29-43(35)53/h1-30H/i6D,7D,20D,21D,28D,29D. The molecule has 8 aromatic carbocycles. The average molecular weight is 713 g/mol. The number of nitrogens with zero attached hydrogens (tertiary/aromatic N) is 4. The Kier molecular flexibility index (Phi) is 5.73. The van der Waals surface area contributed by atoms with E-state index in [1.54, 1.807) is 15.9 Å². The van der Waals surface area contributed by atoms with Crippen molar-refractivity contribution in [3.05, 3.63) is 182 Å². The maximum atomic E-state index is 9.41. The van der Waals surface area contributed by atoms with E-state index in [-0.39, 0.29) is 58.1 Å². The Balaban J connectivity index is 1.33. The van der Waals surface area contributed by atoms with Crippen LogP contribution in [0.15, 0.2) is 182 Å². The molecule has 3 heterocycles. The molecule has 0 bridgehead atoms. The highest BCUT2D eigenvalue weighted by atomic mass is 32.1. The minimum atomic E-state index is -0.182. The Hall–Kier alpha value is -6.95. The van der Waals surface area contributed by atoms with E-state index in [1.165, 1.54) is 12.1 Å². The van der Waals surface area contributed by atoms with E-state index in [9.17, 15) is 5.48 Å². The van der Waals surface area contributed by atoms with E-state index in [2.05, 4.69) is 42.5 Å². The van der Waals surface area contributed by atoms with Crippen LogP contribution in [0, 0.1) is 0 Å². The normalized spacial score (nSPS) is 13.3. The minimum Gasteiger partial charge on any atom is -0.308 e. The molecule has 0 unspecified atom stereocenters. The van der Waals surface area contributed by atoms with Gasteiger partial charge in [-0.05, 0) is 35.0 Å². The Bertz CT molecular complexity index is 3510. The van der Waals surface area contributed by atoms with Crippen molar-refractivity contribution in [1.29, 1.82) is 0 Å². The molecule has 11 aromatic rings. The molecule has 0 fully saturated rings. The molecule has 0 spiro atoms. The van der Waals surface area contributed by atoms with Gasteiger partial charge >= 0.3 is 0 Å². The van der Waals surface area contributed by atoms with Crippen molar-refractivity contribution in [1.82, 2.24) is 19.5 Å². The Morgan fingerprint density at radius 2 is 1.00 bits per heavy atom. The summed E-state index contributed by atoms with van der Waals surface area (Å²) < 4.78 is 58.5. The molecule has 0 amide bonds. The summed E-state index contributed by atoms with van der Waals surface area (Å²) in [5, 5.41) is 4.57. The third-order valence-corrected chi connectivity index (χ3v) is 11.2. The van der Waals surface area contributed by atoms with Crippen molar-refractivity contribution in [2.75, 3.05) is 0 Å². The third kappa shape index (κ3) is 4.79. The summed E-state index contributed by atoms with van der Waals surface area (Å²) in [4.78, 5) is 15.5. The maximum Gasteiger partial charge on any atom is 0.166 e. The lowest BCUT2D eigenvalue weighted by atomic mass is 9.97. The van der Waals surface area contributed by atoms with Gasteiger partial charge in [0, 0.05) is 58.8 Å². The van der Waals surface area contributed by atoms with Gasteiger partial charge in [-0.2, -0.15) is 0 Å². The van der Waals surface area contributed by atoms with E-state index in [0.29, 0.717) is 28.7 Å². The lowest BCUT2D eigenvalue weighted by Crippen LogP contribution is -2.05. The molecule has 0 N–H and O–H groups in total. The summed E-state index contributed by atoms with van der Waals surface area (Å²) >= 11 is 1.68. The summed E-state index contributed by atoms with van der Waals surface area (Å²) in [5.74, 6) is 1.25. The smallest absolute Gasteiger partial charge is 0.166 e. The van der Waals surface area contributed by atoms with E-state index in [0.717, 1.165) is 53.2 Å². The molecular weight excluding hydrogens is 677 g/mol. The van der Waals surface area contributed by atoms with Crippen LogP contribution < -0.4 is 0 Å². The van der Waals surface area contributed by atoms with Gasteiger partial charge in [-0.15, -0.1) is 11.3 Å². The SMILES string of the molecule is [2H]c1cc([2H])c2c(c1[2H])c1c([2H])c([2H])cc([2H])c1n2-c1c(-c2nc(-c3ccccc3)nc(-c3cccc4ccccc34)n2)cccc1-c1cccc2c1sc1ccccc12. The zero-order valence-electron chi connectivity index (χ0n) is 34.6. The van der Waals surface area contributed by atoms with Crippen LogP contribution in [0.2, 0.25) is 0 Å². The molecule has 0 atom stereocenters. The molecule has 0 aliphatic heterocycles. The van der Waals surface area contributed by atoms with E-state index in [1.807, 2.05) is 91.0 Å². The van der Waals surface area contributed by atoms with Crippen LogP contribution in [0.5, 0.6) is 0 Å². The summed E-state index contributed by atoms with van der Waals surface area (Å²) in [5.41, 5.74) is 4.86. The monoisotopic (exact) mass is 712 g/mol. The van der Waals surface area contributed by atoms with Crippen LogP contribution in [-0.4, -0.2) is 19.5 Å². The van der Waals surface area contributed by atoms with Gasteiger partial charge in [-0.1, -0.05) is 158 Å². The second-order valence-corrected chi connectivity index (χ2v) is 14.1. The molecule has 4 nitrogen and oxygen atoms in total. The van der Waals surface area contributed by atoms with Crippen molar-refractivity contribution in [2.24, 2.45) is 0 Å². The Labute approximate surface area is 323 Å². The van der Waals surface area contributed by atoms with E-state index >= 15 is 0 Å². The van der Waals surface area contributed by atoms with Gasteiger partial charge in [0.2, 0.25) is 0 Å². The zero-order chi connectivity index (χ0) is 40.8. The lowest BCUT2D eigenvalue weighted by Gasteiger charge is -2.19. The van der Waals surface area contributed by atoms with Gasteiger partial charge < -0.3 is 4.57 Å². The number of fused-ring (bicyclic) bond motifs is 7. The number of hydrogen-bond donors (Lipinski definition) is 0. The van der Waals surface area contributed by atoms with Crippen LogP contribution in [0.25, 0.3) is 104 Å². The van der Waals surface area contributed by atoms with Crippen LogP contribution >= 0.6 is 11.3 Å². The fraction of sp³-hybridized carbons (Fsp3) is 0. The van der Waals surface area contributed by atoms with Gasteiger partial charge in [0.15, 0.2) is 17.5 Å². The lowest BCUT2D eigenvalue weighted by molar-refractivity contribution is 1.07. The molecule has 54 heavy (non-hydrogen) atoms. The third-order valence-electron chi connectivity index (χ3n) is 10.0. The second kappa shape index (κ2) is 12.3. The second-order valence-electron chi connectivity index (χ2n) is 13.1. The number of rotatable bonds is 5. The highest BCUT2D eigenvalue weighted by molar-refractivity contribution is 7.26. The molecule has 0 saturated heterocycles. The fourth-order valence-electron chi connectivity index (χ4n) is 7.63.